The quantitative estimate of drug-likeness (QED) is 0.159. The van der Waals surface area contributed by atoms with Crippen LogP contribution in [-0.2, 0) is 16.2 Å². The lowest BCUT2D eigenvalue weighted by molar-refractivity contribution is 0.483. The molecule has 0 fully saturated rings. The van der Waals surface area contributed by atoms with Gasteiger partial charge in [-0.3, -0.25) is 4.57 Å². The summed E-state index contributed by atoms with van der Waals surface area (Å²) in [6, 6.07) is 82.7. The number of benzene rings is 10. The summed E-state index contributed by atoms with van der Waals surface area (Å²) in [7, 11) is 0. The second-order valence-corrected chi connectivity index (χ2v) is 26.1. The van der Waals surface area contributed by atoms with Crippen LogP contribution in [0.5, 0.6) is 11.5 Å². The van der Waals surface area contributed by atoms with E-state index in [1.807, 2.05) is 6.20 Å². The number of hydrogen-bond donors (Lipinski definition) is 0. The summed E-state index contributed by atoms with van der Waals surface area (Å²) >= 11 is 0. The smallest absolute Gasteiger partial charge is 0.137 e. The predicted octanol–water partition coefficient (Wildman–Crippen LogP) is 21.2. The Morgan fingerprint density at radius 3 is 1.76 bits per heavy atom. The maximum absolute atomic E-state index is 7.11. The zero-order valence-corrected chi connectivity index (χ0v) is 49.3. The van der Waals surface area contributed by atoms with Crippen molar-refractivity contribution in [2.45, 2.75) is 78.6 Å². The molecule has 0 bridgehead atoms. The van der Waals surface area contributed by atoms with E-state index in [9.17, 15) is 0 Å². The molecule has 0 N–H and O–H groups in total. The Morgan fingerprint density at radius 2 is 1.00 bits per heavy atom. The third-order valence-corrected chi connectivity index (χ3v) is 17.6. The highest BCUT2D eigenvalue weighted by Crippen LogP contribution is 2.54. The third kappa shape index (κ3) is 8.25. The lowest BCUT2D eigenvalue weighted by Crippen LogP contribution is -2.25. The minimum absolute atomic E-state index is 0.0386. The van der Waals surface area contributed by atoms with Crippen LogP contribution in [0, 0.1) is 0 Å². The highest BCUT2D eigenvalue weighted by molar-refractivity contribution is 6.23. The predicted molar refractivity (Wildman–Crippen MR) is 353 cm³/mol. The van der Waals surface area contributed by atoms with Crippen molar-refractivity contribution < 1.29 is 4.74 Å². The Labute approximate surface area is 492 Å². The molecule has 0 atom stereocenters. The van der Waals surface area contributed by atoms with Gasteiger partial charge in [-0.2, -0.15) is 0 Å². The monoisotopic (exact) mass is 1090 g/mol. The molecule has 0 saturated carbocycles. The average molecular weight is 1090 g/mol. The molecule has 2 aliphatic heterocycles. The van der Waals surface area contributed by atoms with Crippen molar-refractivity contribution in [3.63, 3.8) is 0 Å². The van der Waals surface area contributed by atoms with E-state index in [1.165, 1.54) is 94.1 Å². The summed E-state index contributed by atoms with van der Waals surface area (Å²) in [5.74, 6) is 2.36. The maximum Gasteiger partial charge on any atom is 0.137 e. The Kier molecular flexibility index (Phi) is 11.6. The highest BCUT2D eigenvalue weighted by atomic mass is 16.5. The number of rotatable bonds is 7. The lowest BCUT2D eigenvalue weighted by Gasteiger charge is -2.29. The van der Waals surface area contributed by atoms with Crippen LogP contribution in [0.3, 0.4) is 0 Å². The van der Waals surface area contributed by atoms with Crippen LogP contribution < -0.4 is 14.5 Å². The van der Waals surface area contributed by atoms with Crippen molar-refractivity contribution in [3.05, 3.63) is 247 Å². The van der Waals surface area contributed by atoms with Gasteiger partial charge in [0, 0.05) is 67.8 Å². The van der Waals surface area contributed by atoms with Crippen LogP contribution in [-0.4, -0.2) is 20.8 Å². The molecule has 0 aliphatic carbocycles. The summed E-state index contributed by atoms with van der Waals surface area (Å²) in [6.45, 7) is 21.3. The number of pyridine rings is 1. The topological polar surface area (TPSA) is 38.5 Å². The van der Waals surface area contributed by atoms with Gasteiger partial charge in [-0.15, -0.1) is 0 Å². The molecule has 410 valence electrons. The number of para-hydroxylation sites is 5. The van der Waals surface area contributed by atoms with Gasteiger partial charge in [-0.1, -0.05) is 208 Å². The molecule has 84 heavy (non-hydrogen) atoms. The van der Waals surface area contributed by atoms with E-state index in [2.05, 4.69) is 306 Å². The first-order valence-corrected chi connectivity index (χ1v) is 29.5. The summed E-state index contributed by atoms with van der Waals surface area (Å²) in [4.78, 5) is 10.1. The molecule has 13 aromatic rings. The normalized spacial score (nSPS) is 13.2. The second-order valence-electron chi connectivity index (χ2n) is 26.1. The summed E-state index contributed by atoms with van der Waals surface area (Å²) in [5.41, 5.74) is 23.6. The standard InChI is InChI=1S/C78H67N5O/c1-76(2,3)51-40-41-79-71(45-51)82-68-38-39-69-72(61-28-14-13-26-59(61)62-31-21-32-63-60-27-15-16-33-65(60)83(69)75(62)63)73(68)64-37-36-56(47-70(64)82)84-55-25-19-24-54(46-55)80-48-81(67-35-18-17-34-66(67)80)74-57(49-22-11-10-12-23-49)29-20-30-58(74)50-42-52(77(4,5)6)44-53(43-50)78(7,8)9/h10-47H,48H2,1-9H3. The van der Waals surface area contributed by atoms with Gasteiger partial charge < -0.3 is 19.1 Å². The molecule has 0 saturated heterocycles. The van der Waals surface area contributed by atoms with Crippen molar-refractivity contribution in [3.8, 4) is 67.5 Å². The first-order chi connectivity index (χ1) is 40.6. The van der Waals surface area contributed by atoms with E-state index in [0.29, 0.717) is 6.67 Å². The number of anilines is 4. The fourth-order valence-electron chi connectivity index (χ4n) is 13.3. The first kappa shape index (κ1) is 51.2. The number of hydrogen-bond acceptors (Lipinski definition) is 4. The third-order valence-electron chi connectivity index (χ3n) is 17.6. The molecule has 6 nitrogen and oxygen atoms in total. The van der Waals surface area contributed by atoms with E-state index < -0.39 is 0 Å². The molecule has 0 unspecified atom stereocenters. The summed E-state index contributed by atoms with van der Waals surface area (Å²) in [5, 5.41) is 4.81. The van der Waals surface area contributed by atoms with Gasteiger partial charge >= 0.3 is 0 Å². The molecule has 3 aromatic heterocycles. The zero-order valence-electron chi connectivity index (χ0n) is 49.3. The van der Waals surface area contributed by atoms with E-state index in [1.54, 1.807) is 0 Å². The average Bonchev–Trinajstić information content (AvgIpc) is 1.66. The number of fused-ring (bicyclic) bond motifs is 13. The van der Waals surface area contributed by atoms with Crippen molar-refractivity contribution in [2.75, 3.05) is 16.5 Å². The largest absolute Gasteiger partial charge is 0.457 e. The molecule has 5 heterocycles. The number of nitrogens with zero attached hydrogens (tertiary/aromatic N) is 5. The molecule has 2 aliphatic rings. The van der Waals surface area contributed by atoms with Crippen molar-refractivity contribution in [1.82, 2.24) is 14.1 Å². The van der Waals surface area contributed by atoms with Gasteiger partial charge in [0.25, 0.3) is 0 Å². The Morgan fingerprint density at radius 1 is 0.381 bits per heavy atom. The first-order valence-electron chi connectivity index (χ1n) is 29.5. The van der Waals surface area contributed by atoms with Crippen LogP contribution in [0.25, 0.3) is 99.6 Å². The summed E-state index contributed by atoms with van der Waals surface area (Å²) < 4.78 is 12.0. The minimum Gasteiger partial charge on any atom is -0.457 e. The van der Waals surface area contributed by atoms with Crippen LogP contribution in [0.2, 0.25) is 0 Å². The van der Waals surface area contributed by atoms with Crippen LogP contribution in [0.1, 0.15) is 79.0 Å². The van der Waals surface area contributed by atoms with E-state index in [4.69, 9.17) is 9.72 Å². The van der Waals surface area contributed by atoms with E-state index >= 15 is 0 Å². The van der Waals surface area contributed by atoms with Crippen molar-refractivity contribution in [1.29, 1.82) is 0 Å². The number of aromatic nitrogens is 3. The Bertz CT molecular complexity index is 4770. The van der Waals surface area contributed by atoms with E-state index in [-0.39, 0.29) is 16.2 Å². The highest BCUT2D eigenvalue weighted by Gasteiger charge is 2.34. The van der Waals surface area contributed by atoms with Crippen molar-refractivity contribution in [2.24, 2.45) is 0 Å². The second kappa shape index (κ2) is 18.9. The molecule has 0 amide bonds. The lowest BCUT2D eigenvalue weighted by atomic mass is 9.78. The van der Waals surface area contributed by atoms with Crippen molar-refractivity contribution >= 4 is 66.4 Å². The zero-order chi connectivity index (χ0) is 57.4. The molecular formula is C78H67N5O. The summed E-state index contributed by atoms with van der Waals surface area (Å²) in [6.07, 6.45) is 1.96. The van der Waals surface area contributed by atoms with Crippen LogP contribution >= 0.6 is 0 Å². The molecule has 0 spiro atoms. The Balaban J connectivity index is 0.869. The Hall–Kier alpha value is -9.65. The molecule has 0 radical (unpaired) electrons. The minimum atomic E-state index is -0.0902. The van der Waals surface area contributed by atoms with Crippen LogP contribution in [0.15, 0.2) is 231 Å². The molecule has 15 rings (SSSR count). The van der Waals surface area contributed by atoms with E-state index in [0.717, 1.165) is 56.5 Å². The fraction of sp³-hybridized carbons (Fsp3) is 0.167. The van der Waals surface area contributed by atoms with Gasteiger partial charge in [-0.25, -0.2) is 4.98 Å². The van der Waals surface area contributed by atoms with Gasteiger partial charge in [0.2, 0.25) is 0 Å². The fourth-order valence-corrected chi connectivity index (χ4v) is 13.3. The van der Waals surface area contributed by atoms with Crippen LogP contribution in [0.4, 0.5) is 22.7 Å². The SMILES string of the molecule is CC(C)(C)c1cc(-c2cccc(-c3ccccc3)c2N2CN(c3cccc(Oc4ccc5c6c7c(ccc6n(-c6cc(C(C)(C)C)ccn6)c5c4)-n4c5ccccc5c5cccc(c54)-c4ccccc4-7)c3)c3ccccc32)cc(C(C)(C)C)c1. The molecule has 10 aromatic carbocycles. The van der Waals surface area contributed by atoms with Gasteiger partial charge in [0.05, 0.1) is 44.8 Å². The number of ether oxygens (including phenoxy) is 1. The molecule has 6 heteroatoms. The van der Waals surface area contributed by atoms with Gasteiger partial charge in [-0.05, 0) is 122 Å². The van der Waals surface area contributed by atoms with Gasteiger partial charge in [0.1, 0.15) is 24.0 Å². The maximum atomic E-state index is 7.11. The molecular weight excluding hydrogens is 1020 g/mol. The van der Waals surface area contributed by atoms with Gasteiger partial charge in [0.15, 0.2) is 0 Å².